The lowest BCUT2D eigenvalue weighted by molar-refractivity contribution is -0.125. The predicted octanol–water partition coefficient (Wildman–Crippen LogP) is 1.97. The highest BCUT2D eigenvalue weighted by molar-refractivity contribution is 5.81. The van der Waals surface area contributed by atoms with Gasteiger partial charge >= 0.3 is 0 Å². The summed E-state index contributed by atoms with van der Waals surface area (Å²) in [6.07, 6.45) is 7.86. The summed E-state index contributed by atoms with van der Waals surface area (Å²) in [6.45, 7) is 11.7. The van der Waals surface area contributed by atoms with Gasteiger partial charge in [-0.05, 0) is 50.3 Å². The van der Waals surface area contributed by atoms with Crippen molar-refractivity contribution in [2.24, 2.45) is 5.92 Å². The van der Waals surface area contributed by atoms with E-state index in [1.807, 2.05) is 6.92 Å². The summed E-state index contributed by atoms with van der Waals surface area (Å²) in [5, 5.41) is 2.84. The molecular weight excluding hydrogens is 348 g/mol. The maximum atomic E-state index is 12.4. The molecule has 1 heterocycles. The van der Waals surface area contributed by atoms with E-state index in [2.05, 4.69) is 57.1 Å². The molecule has 1 amide bonds. The first kappa shape index (κ1) is 20.7. The number of rotatable bonds is 9. The molecule has 28 heavy (non-hydrogen) atoms. The van der Waals surface area contributed by atoms with E-state index in [0.29, 0.717) is 6.54 Å². The lowest BCUT2D eigenvalue weighted by Crippen LogP contribution is -2.51. The molecule has 1 unspecified atom stereocenters. The summed E-state index contributed by atoms with van der Waals surface area (Å²) < 4.78 is 0. The van der Waals surface area contributed by atoms with Gasteiger partial charge in [0.25, 0.3) is 0 Å². The molecule has 5 heteroatoms. The molecule has 1 atom stereocenters. The Morgan fingerprint density at radius 3 is 2.71 bits per heavy atom. The van der Waals surface area contributed by atoms with Gasteiger partial charge in [-0.3, -0.25) is 14.6 Å². The van der Waals surface area contributed by atoms with Gasteiger partial charge in [-0.2, -0.15) is 0 Å². The Morgan fingerprint density at radius 1 is 1.32 bits per heavy atom. The topological polar surface area (TPSA) is 38.8 Å². The van der Waals surface area contributed by atoms with Gasteiger partial charge in [0.2, 0.25) is 5.91 Å². The molecule has 0 bridgehead atoms. The van der Waals surface area contributed by atoms with Crippen molar-refractivity contribution in [3.63, 3.8) is 0 Å². The Morgan fingerprint density at radius 2 is 2.07 bits per heavy atom. The SMILES string of the molecule is C#CCNC(=O)C(C)N(CCN1CCN(c2cccc(C)c2)CC1)CC1CC1. The van der Waals surface area contributed by atoms with Crippen LogP contribution in [-0.2, 0) is 4.79 Å². The highest BCUT2D eigenvalue weighted by Crippen LogP contribution is 2.30. The van der Waals surface area contributed by atoms with Crippen molar-refractivity contribution in [2.45, 2.75) is 32.7 Å². The molecule has 1 aromatic carbocycles. The highest BCUT2D eigenvalue weighted by atomic mass is 16.2. The summed E-state index contributed by atoms with van der Waals surface area (Å²) in [5.74, 6) is 3.30. The third kappa shape index (κ3) is 5.98. The number of amides is 1. The van der Waals surface area contributed by atoms with Gasteiger partial charge in [-0.15, -0.1) is 6.42 Å². The lowest BCUT2D eigenvalue weighted by atomic mass is 10.2. The van der Waals surface area contributed by atoms with E-state index in [9.17, 15) is 4.79 Å². The first-order valence-corrected chi connectivity index (χ1v) is 10.6. The second-order valence-electron chi connectivity index (χ2n) is 8.20. The Kier molecular flexibility index (Phi) is 7.36. The molecule has 1 aliphatic heterocycles. The van der Waals surface area contributed by atoms with E-state index in [1.54, 1.807) is 0 Å². The van der Waals surface area contributed by atoms with E-state index in [-0.39, 0.29) is 11.9 Å². The van der Waals surface area contributed by atoms with Crippen LogP contribution >= 0.6 is 0 Å². The molecule has 0 aromatic heterocycles. The van der Waals surface area contributed by atoms with Gasteiger partial charge in [0.15, 0.2) is 0 Å². The van der Waals surface area contributed by atoms with Crippen molar-refractivity contribution in [1.82, 2.24) is 15.1 Å². The largest absolute Gasteiger partial charge is 0.369 e. The average Bonchev–Trinajstić information content (AvgIpc) is 3.53. The van der Waals surface area contributed by atoms with Crippen LogP contribution in [0, 0.1) is 25.2 Å². The van der Waals surface area contributed by atoms with Gasteiger partial charge < -0.3 is 10.2 Å². The van der Waals surface area contributed by atoms with Crippen molar-refractivity contribution in [1.29, 1.82) is 0 Å². The van der Waals surface area contributed by atoms with Crippen LogP contribution in [0.5, 0.6) is 0 Å². The van der Waals surface area contributed by atoms with Crippen LogP contribution < -0.4 is 10.2 Å². The molecule has 1 aliphatic carbocycles. The van der Waals surface area contributed by atoms with Crippen LogP contribution in [0.1, 0.15) is 25.3 Å². The van der Waals surface area contributed by atoms with Gasteiger partial charge in [0.1, 0.15) is 0 Å². The minimum atomic E-state index is -0.123. The number of piperazine rings is 1. The maximum Gasteiger partial charge on any atom is 0.237 e. The molecule has 3 rings (SSSR count). The number of benzene rings is 1. The van der Waals surface area contributed by atoms with E-state index in [0.717, 1.165) is 51.7 Å². The fourth-order valence-corrected chi connectivity index (χ4v) is 3.85. The van der Waals surface area contributed by atoms with Crippen LogP contribution in [0.25, 0.3) is 0 Å². The first-order valence-electron chi connectivity index (χ1n) is 10.6. The molecule has 5 nitrogen and oxygen atoms in total. The summed E-state index contributed by atoms with van der Waals surface area (Å²) in [6, 6.07) is 8.64. The van der Waals surface area contributed by atoms with Crippen molar-refractivity contribution in [3.05, 3.63) is 29.8 Å². The van der Waals surface area contributed by atoms with Crippen molar-refractivity contribution >= 4 is 11.6 Å². The fourth-order valence-electron chi connectivity index (χ4n) is 3.85. The summed E-state index contributed by atoms with van der Waals surface area (Å²) in [4.78, 5) is 19.7. The van der Waals surface area contributed by atoms with E-state index >= 15 is 0 Å². The molecule has 2 fully saturated rings. The van der Waals surface area contributed by atoms with E-state index < -0.39 is 0 Å². The first-order chi connectivity index (χ1) is 13.6. The smallest absolute Gasteiger partial charge is 0.237 e. The normalized spacial score (nSPS) is 18.7. The van der Waals surface area contributed by atoms with Gasteiger partial charge in [-0.1, -0.05) is 18.1 Å². The molecule has 1 N–H and O–H groups in total. The Labute approximate surface area is 170 Å². The molecular formula is C23H34N4O. The van der Waals surface area contributed by atoms with Crippen LogP contribution in [-0.4, -0.2) is 74.1 Å². The summed E-state index contributed by atoms with van der Waals surface area (Å²) in [5.41, 5.74) is 2.64. The lowest BCUT2D eigenvalue weighted by Gasteiger charge is -2.38. The maximum absolute atomic E-state index is 12.4. The number of terminal acetylenes is 1. The van der Waals surface area contributed by atoms with Crippen molar-refractivity contribution in [3.8, 4) is 12.3 Å². The van der Waals surface area contributed by atoms with Crippen LogP contribution in [0.3, 0.4) is 0 Å². The molecule has 1 aromatic rings. The zero-order valence-electron chi connectivity index (χ0n) is 17.4. The number of aryl methyl sites for hydroxylation is 1. The number of hydrogen-bond acceptors (Lipinski definition) is 4. The van der Waals surface area contributed by atoms with Gasteiger partial charge in [0.05, 0.1) is 12.6 Å². The number of carbonyl (C=O) groups is 1. The van der Waals surface area contributed by atoms with Crippen molar-refractivity contribution < 1.29 is 4.79 Å². The van der Waals surface area contributed by atoms with E-state index in [4.69, 9.17) is 6.42 Å². The number of anilines is 1. The molecule has 152 valence electrons. The van der Waals surface area contributed by atoms with Crippen LogP contribution in [0.2, 0.25) is 0 Å². The average molecular weight is 383 g/mol. The monoisotopic (exact) mass is 382 g/mol. The second kappa shape index (κ2) is 9.95. The van der Waals surface area contributed by atoms with Gasteiger partial charge in [-0.25, -0.2) is 0 Å². The van der Waals surface area contributed by atoms with Crippen LogP contribution in [0.4, 0.5) is 5.69 Å². The number of hydrogen-bond donors (Lipinski definition) is 1. The molecule has 1 saturated carbocycles. The third-order valence-electron chi connectivity index (χ3n) is 5.92. The Hall–Kier alpha value is -2.03. The van der Waals surface area contributed by atoms with Gasteiger partial charge in [0, 0.05) is 51.5 Å². The summed E-state index contributed by atoms with van der Waals surface area (Å²) >= 11 is 0. The van der Waals surface area contributed by atoms with Crippen molar-refractivity contribution in [2.75, 3.05) is 57.3 Å². The fraction of sp³-hybridized carbons (Fsp3) is 0.609. The minimum absolute atomic E-state index is 0.0443. The molecule has 0 spiro atoms. The number of nitrogens with zero attached hydrogens (tertiary/aromatic N) is 3. The van der Waals surface area contributed by atoms with Crippen LogP contribution in [0.15, 0.2) is 24.3 Å². The number of nitrogens with one attached hydrogen (secondary N) is 1. The predicted molar refractivity (Wildman–Crippen MR) is 115 cm³/mol. The Bertz CT molecular complexity index is 686. The van der Waals surface area contributed by atoms with E-state index in [1.165, 1.54) is 24.1 Å². The number of carbonyl (C=O) groups excluding carboxylic acids is 1. The zero-order chi connectivity index (χ0) is 19.9. The minimum Gasteiger partial charge on any atom is -0.369 e. The highest BCUT2D eigenvalue weighted by Gasteiger charge is 2.29. The standard InChI is InChI=1S/C23H34N4O/c1-4-10-24-23(28)20(3)27(18-21-8-9-21)16-13-25-11-14-26(15-12-25)22-7-5-6-19(2)17-22/h1,5-7,17,20-21H,8-16,18H2,2-3H3,(H,24,28). The summed E-state index contributed by atoms with van der Waals surface area (Å²) in [7, 11) is 0. The second-order valence-corrected chi connectivity index (χ2v) is 8.20. The quantitative estimate of drug-likeness (QED) is 0.663. The zero-order valence-corrected chi connectivity index (χ0v) is 17.4. The molecule has 1 saturated heterocycles. The third-order valence-corrected chi connectivity index (χ3v) is 5.92. The molecule has 0 radical (unpaired) electrons. The Balaban J connectivity index is 1.47. The molecule has 2 aliphatic rings.